The van der Waals surface area contributed by atoms with Gasteiger partial charge in [0.1, 0.15) is 6.61 Å². The van der Waals surface area contributed by atoms with Gasteiger partial charge in [-0.15, -0.1) is 0 Å². The number of amides is 1. The molecule has 5 heteroatoms. The van der Waals surface area contributed by atoms with E-state index in [2.05, 4.69) is 0 Å². The summed E-state index contributed by atoms with van der Waals surface area (Å²) in [6.07, 6.45) is 0. The van der Waals surface area contributed by atoms with Crippen LogP contribution in [0.4, 0.5) is 0 Å². The summed E-state index contributed by atoms with van der Waals surface area (Å²) >= 11 is 0. The van der Waals surface area contributed by atoms with Crippen molar-refractivity contribution >= 4 is 11.7 Å². The van der Waals surface area contributed by atoms with Crippen LogP contribution in [0.3, 0.4) is 0 Å². The van der Waals surface area contributed by atoms with E-state index < -0.39 is 5.91 Å². The van der Waals surface area contributed by atoms with Crippen LogP contribution in [0.2, 0.25) is 0 Å². The molecule has 16 heavy (non-hydrogen) atoms. The van der Waals surface area contributed by atoms with Gasteiger partial charge in [-0.25, -0.2) is 0 Å². The molecule has 0 aliphatic heterocycles. The molecular formula is C11H13NO4. The van der Waals surface area contributed by atoms with Crippen LogP contribution in [0.15, 0.2) is 18.2 Å². The highest BCUT2D eigenvalue weighted by atomic mass is 16.5. The summed E-state index contributed by atoms with van der Waals surface area (Å²) < 4.78 is 10.2. The van der Waals surface area contributed by atoms with E-state index in [1.54, 1.807) is 6.07 Å². The molecular weight excluding hydrogens is 210 g/mol. The molecule has 0 unspecified atom stereocenters. The van der Waals surface area contributed by atoms with Crippen molar-refractivity contribution in [1.29, 1.82) is 0 Å². The molecule has 0 atom stereocenters. The fourth-order valence-corrected chi connectivity index (χ4v) is 1.12. The number of rotatable bonds is 5. The summed E-state index contributed by atoms with van der Waals surface area (Å²) in [6.45, 7) is 1.39. The number of carbonyl (C=O) groups is 2. The molecule has 0 aliphatic rings. The average Bonchev–Trinajstić information content (AvgIpc) is 2.25. The van der Waals surface area contributed by atoms with Gasteiger partial charge in [-0.3, -0.25) is 9.59 Å². The molecule has 0 spiro atoms. The van der Waals surface area contributed by atoms with Gasteiger partial charge >= 0.3 is 0 Å². The van der Waals surface area contributed by atoms with E-state index in [9.17, 15) is 9.59 Å². The highest BCUT2D eigenvalue weighted by Gasteiger charge is 2.09. The first-order chi connectivity index (χ1) is 7.54. The maximum Gasteiger partial charge on any atom is 0.248 e. The zero-order valence-electron chi connectivity index (χ0n) is 9.15. The van der Waals surface area contributed by atoms with Crippen molar-refractivity contribution in [2.75, 3.05) is 13.7 Å². The van der Waals surface area contributed by atoms with Crippen LogP contribution < -0.4 is 15.2 Å². The Bertz CT molecular complexity index is 414. The third kappa shape index (κ3) is 2.98. The summed E-state index contributed by atoms with van der Waals surface area (Å²) in [7, 11) is 1.45. The van der Waals surface area contributed by atoms with Gasteiger partial charge in [-0.1, -0.05) is 0 Å². The van der Waals surface area contributed by atoms with Crippen molar-refractivity contribution < 1.29 is 19.1 Å². The van der Waals surface area contributed by atoms with Crippen LogP contribution in [0.5, 0.6) is 11.5 Å². The molecule has 0 aliphatic carbocycles. The highest BCUT2D eigenvalue weighted by Crippen LogP contribution is 2.27. The first-order valence-electron chi connectivity index (χ1n) is 4.64. The van der Waals surface area contributed by atoms with Crippen LogP contribution in [-0.2, 0) is 4.79 Å². The number of carbonyl (C=O) groups excluding carboxylic acids is 2. The Balaban J connectivity index is 2.93. The van der Waals surface area contributed by atoms with Crippen molar-refractivity contribution in [1.82, 2.24) is 0 Å². The van der Waals surface area contributed by atoms with E-state index >= 15 is 0 Å². The maximum atomic E-state index is 10.9. The summed E-state index contributed by atoms with van der Waals surface area (Å²) in [5, 5.41) is 0. The van der Waals surface area contributed by atoms with Gasteiger partial charge < -0.3 is 15.2 Å². The van der Waals surface area contributed by atoms with E-state index in [1.165, 1.54) is 26.2 Å². The molecule has 0 radical (unpaired) electrons. The van der Waals surface area contributed by atoms with Crippen LogP contribution in [0.1, 0.15) is 17.3 Å². The Hall–Kier alpha value is -2.04. The average molecular weight is 223 g/mol. The Kier molecular flexibility index (Phi) is 3.88. The monoisotopic (exact) mass is 223 g/mol. The lowest BCUT2D eigenvalue weighted by Gasteiger charge is -2.10. The zero-order valence-corrected chi connectivity index (χ0v) is 9.15. The van der Waals surface area contributed by atoms with Gasteiger partial charge in [0.05, 0.1) is 7.11 Å². The zero-order chi connectivity index (χ0) is 12.1. The quantitative estimate of drug-likeness (QED) is 0.799. The van der Waals surface area contributed by atoms with Crippen LogP contribution in [-0.4, -0.2) is 25.4 Å². The van der Waals surface area contributed by atoms with Gasteiger partial charge in [0.25, 0.3) is 0 Å². The van der Waals surface area contributed by atoms with Gasteiger partial charge in [0.2, 0.25) is 5.91 Å². The summed E-state index contributed by atoms with van der Waals surface area (Å²) in [4.78, 5) is 21.7. The van der Waals surface area contributed by atoms with Gasteiger partial charge in [0, 0.05) is 5.56 Å². The van der Waals surface area contributed by atoms with E-state index in [1.807, 2.05) is 0 Å². The molecule has 0 bridgehead atoms. The summed E-state index contributed by atoms with van der Waals surface area (Å²) in [5.41, 5.74) is 5.45. The summed E-state index contributed by atoms with van der Waals surface area (Å²) in [6, 6.07) is 4.53. The maximum absolute atomic E-state index is 10.9. The van der Waals surface area contributed by atoms with Crippen molar-refractivity contribution in [3.05, 3.63) is 23.8 Å². The minimum absolute atomic E-state index is 0.0354. The number of hydrogen-bond donors (Lipinski definition) is 1. The fourth-order valence-electron chi connectivity index (χ4n) is 1.12. The predicted molar refractivity (Wildman–Crippen MR) is 57.7 cm³/mol. The molecule has 0 heterocycles. The van der Waals surface area contributed by atoms with Gasteiger partial charge in [0.15, 0.2) is 17.3 Å². The third-order valence-corrected chi connectivity index (χ3v) is 1.88. The molecule has 0 fully saturated rings. The van der Waals surface area contributed by atoms with Crippen LogP contribution in [0.25, 0.3) is 0 Å². The van der Waals surface area contributed by atoms with E-state index in [0.717, 1.165) is 0 Å². The normalized spacial score (nSPS) is 9.62. The molecule has 0 saturated heterocycles. The molecule has 86 valence electrons. The second-order valence-electron chi connectivity index (χ2n) is 3.22. The molecule has 0 aromatic heterocycles. The lowest BCUT2D eigenvalue weighted by atomic mass is 10.2. The minimum atomic E-state index is -0.545. The number of hydrogen-bond acceptors (Lipinski definition) is 4. The largest absolute Gasteiger partial charge is 0.493 e. The topological polar surface area (TPSA) is 78.6 Å². The van der Waals surface area contributed by atoms with Crippen molar-refractivity contribution in [2.45, 2.75) is 6.92 Å². The number of nitrogens with two attached hydrogens (primary N) is 1. The number of ketones is 1. The van der Waals surface area contributed by atoms with E-state index in [4.69, 9.17) is 15.2 Å². The van der Waals surface area contributed by atoms with E-state index in [-0.39, 0.29) is 12.4 Å². The third-order valence-electron chi connectivity index (χ3n) is 1.88. The standard InChI is InChI=1S/C11H13NO4/c1-7(13)6-16-9-4-3-8(11(12)14)5-10(9)15-2/h3-5H,6H2,1-2H3,(H2,12,14). The molecule has 1 amide bonds. The lowest BCUT2D eigenvalue weighted by molar-refractivity contribution is -0.118. The second kappa shape index (κ2) is 5.16. The summed E-state index contributed by atoms with van der Waals surface area (Å²) in [5.74, 6) is 0.137. The number of methoxy groups -OCH3 is 1. The van der Waals surface area contributed by atoms with Gasteiger partial charge in [-0.05, 0) is 25.1 Å². The Labute approximate surface area is 93.1 Å². The van der Waals surface area contributed by atoms with E-state index in [0.29, 0.717) is 17.1 Å². The molecule has 1 aromatic rings. The smallest absolute Gasteiger partial charge is 0.248 e. The SMILES string of the molecule is COc1cc(C(N)=O)ccc1OCC(C)=O. The molecule has 0 saturated carbocycles. The molecule has 1 rings (SSSR count). The second-order valence-corrected chi connectivity index (χ2v) is 3.22. The molecule has 2 N–H and O–H groups in total. The lowest BCUT2D eigenvalue weighted by Crippen LogP contribution is -2.12. The van der Waals surface area contributed by atoms with Crippen molar-refractivity contribution in [3.8, 4) is 11.5 Å². The Morgan fingerprint density at radius 1 is 1.31 bits per heavy atom. The highest BCUT2D eigenvalue weighted by molar-refractivity contribution is 5.93. The fraction of sp³-hybridized carbons (Fsp3) is 0.273. The first-order valence-corrected chi connectivity index (χ1v) is 4.64. The van der Waals surface area contributed by atoms with Crippen LogP contribution in [0, 0.1) is 0 Å². The van der Waals surface area contributed by atoms with Crippen molar-refractivity contribution in [2.24, 2.45) is 5.73 Å². The van der Waals surface area contributed by atoms with Crippen molar-refractivity contribution in [3.63, 3.8) is 0 Å². The first kappa shape index (κ1) is 12.0. The molecule has 5 nitrogen and oxygen atoms in total. The minimum Gasteiger partial charge on any atom is -0.493 e. The van der Waals surface area contributed by atoms with Crippen LogP contribution >= 0.6 is 0 Å². The number of benzene rings is 1. The molecule has 1 aromatic carbocycles. The Morgan fingerprint density at radius 2 is 2.00 bits per heavy atom. The van der Waals surface area contributed by atoms with Gasteiger partial charge in [-0.2, -0.15) is 0 Å². The predicted octanol–water partition coefficient (Wildman–Crippen LogP) is 0.762. The number of primary amides is 1. The number of Topliss-reactive ketones (excluding diaryl/α,β-unsaturated/α-hetero) is 1. The Morgan fingerprint density at radius 3 is 2.50 bits per heavy atom. The number of ether oxygens (including phenoxy) is 2.